The van der Waals surface area contributed by atoms with Gasteiger partial charge in [0.25, 0.3) is 0 Å². The number of nitriles is 1. The second kappa shape index (κ2) is 6.27. The molecule has 1 aliphatic rings. The fourth-order valence-electron chi connectivity index (χ4n) is 3.17. The Bertz CT molecular complexity index is 930. The third-order valence-corrected chi connectivity index (χ3v) is 6.00. The molecule has 2 aromatic carbocycles. The maximum Gasteiger partial charge on any atom is 0.241 e. The van der Waals surface area contributed by atoms with Gasteiger partial charge in [-0.25, -0.2) is 13.1 Å². The quantitative estimate of drug-likeness (QED) is 0.839. The summed E-state index contributed by atoms with van der Waals surface area (Å²) in [6.07, 6.45) is 2.55. The summed E-state index contributed by atoms with van der Waals surface area (Å²) >= 11 is 0. The molecule has 0 aliphatic heterocycles. The van der Waals surface area contributed by atoms with Gasteiger partial charge in [-0.1, -0.05) is 12.1 Å². The Balaban J connectivity index is 1.96. The molecule has 2 aromatic rings. The number of rotatable bonds is 3. The van der Waals surface area contributed by atoms with Gasteiger partial charge < -0.3 is 5.73 Å². The summed E-state index contributed by atoms with van der Waals surface area (Å²) in [4.78, 5) is 0.157. The second-order valence-corrected chi connectivity index (χ2v) is 7.80. The van der Waals surface area contributed by atoms with Crippen molar-refractivity contribution in [1.29, 1.82) is 5.26 Å². The lowest BCUT2D eigenvalue weighted by molar-refractivity contribution is 0.507. The van der Waals surface area contributed by atoms with Crippen molar-refractivity contribution in [3.05, 3.63) is 58.7 Å². The summed E-state index contributed by atoms with van der Waals surface area (Å²) in [5.74, 6) is 0. The van der Waals surface area contributed by atoms with Gasteiger partial charge in [0, 0.05) is 11.7 Å². The highest BCUT2D eigenvalue weighted by Crippen LogP contribution is 2.32. The van der Waals surface area contributed by atoms with Gasteiger partial charge in [-0.3, -0.25) is 0 Å². The molecule has 6 heteroatoms. The highest BCUT2D eigenvalue weighted by molar-refractivity contribution is 7.89. The number of hydrogen-bond acceptors (Lipinski definition) is 4. The SMILES string of the molecule is Cc1ccc(C#N)cc1S(=O)(=O)NC1CCCc2cc(N)ccc21. The molecule has 0 aromatic heterocycles. The minimum absolute atomic E-state index is 0.157. The molecule has 1 unspecified atom stereocenters. The number of anilines is 1. The Morgan fingerprint density at radius 1 is 1.25 bits per heavy atom. The van der Waals surface area contributed by atoms with E-state index in [4.69, 9.17) is 11.0 Å². The van der Waals surface area contributed by atoms with Crippen molar-refractivity contribution in [2.24, 2.45) is 0 Å². The van der Waals surface area contributed by atoms with Crippen LogP contribution in [-0.4, -0.2) is 8.42 Å². The lowest BCUT2D eigenvalue weighted by atomic mass is 9.88. The zero-order valence-corrected chi connectivity index (χ0v) is 14.2. The van der Waals surface area contributed by atoms with Crippen LogP contribution >= 0.6 is 0 Å². The van der Waals surface area contributed by atoms with E-state index in [0.717, 1.165) is 30.4 Å². The van der Waals surface area contributed by atoms with Crippen LogP contribution in [0.2, 0.25) is 0 Å². The van der Waals surface area contributed by atoms with Crippen LogP contribution in [0, 0.1) is 18.3 Å². The Morgan fingerprint density at radius 3 is 2.79 bits per heavy atom. The third-order valence-electron chi connectivity index (χ3n) is 4.39. The van der Waals surface area contributed by atoms with Crippen molar-refractivity contribution >= 4 is 15.7 Å². The van der Waals surface area contributed by atoms with E-state index in [1.165, 1.54) is 6.07 Å². The van der Waals surface area contributed by atoms with Crippen LogP contribution in [0.15, 0.2) is 41.3 Å². The molecule has 124 valence electrons. The number of nitrogens with zero attached hydrogens (tertiary/aromatic N) is 1. The van der Waals surface area contributed by atoms with Crippen molar-refractivity contribution in [2.45, 2.75) is 37.1 Å². The number of sulfonamides is 1. The summed E-state index contributed by atoms with van der Waals surface area (Å²) in [6.45, 7) is 1.73. The van der Waals surface area contributed by atoms with Gasteiger partial charge in [0.1, 0.15) is 0 Å². The summed E-state index contributed by atoms with van der Waals surface area (Å²) in [5, 5.41) is 9.02. The van der Waals surface area contributed by atoms with E-state index in [1.54, 1.807) is 25.1 Å². The molecule has 3 rings (SSSR count). The number of nitrogens with two attached hydrogens (primary N) is 1. The summed E-state index contributed by atoms with van der Waals surface area (Å²) in [5.41, 5.74) is 9.54. The van der Waals surface area contributed by atoms with E-state index < -0.39 is 10.0 Å². The number of benzene rings is 2. The van der Waals surface area contributed by atoms with Crippen LogP contribution in [0.3, 0.4) is 0 Å². The van der Waals surface area contributed by atoms with Gasteiger partial charge in [-0.05, 0) is 67.1 Å². The molecule has 3 N–H and O–H groups in total. The van der Waals surface area contributed by atoms with E-state index >= 15 is 0 Å². The molecule has 0 amide bonds. The van der Waals surface area contributed by atoms with E-state index in [9.17, 15) is 8.42 Å². The van der Waals surface area contributed by atoms with Gasteiger partial charge in [0.15, 0.2) is 0 Å². The first kappa shape index (κ1) is 16.5. The smallest absolute Gasteiger partial charge is 0.241 e. The first-order valence-electron chi connectivity index (χ1n) is 7.82. The number of aryl methyl sites for hydroxylation is 2. The van der Waals surface area contributed by atoms with Crippen molar-refractivity contribution in [1.82, 2.24) is 4.72 Å². The Hall–Kier alpha value is -2.36. The minimum atomic E-state index is -3.71. The molecule has 0 heterocycles. The summed E-state index contributed by atoms with van der Waals surface area (Å²) in [7, 11) is -3.71. The summed E-state index contributed by atoms with van der Waals surface area (Å²) < 4.78 is 28.4. The molecule has 0 saturated carbocycles. The zero-order chi connectivity index (χ0) is 17.3. The standard InChI is InChI=1S/C18H19N3O2S/c1-12-5-6-13(11-19)9-18(12)24(22,23)21-17-4-2-3-14-10-15(20)7-8-16(14)17/h5-10,17,21H,2-4,20H2,1H3. The highest BCUT2D eigenvalue weighted by Gasteiger charge is 2.27. The van der Waals surface area contributed by atoms with E-state index in [0.29, 0.717) is 16.8 Å². The number of nitrogen functional groups attached to an aromatic ring is 1. The molecule has 1 aliphatic carbocycles. The maximum atomic E-state index is 12.8. The normalized spacial score (nSPS) is 17.1. The average Bonchev–Trinajstić information content (AvgIpc) is 2.54. The molecule has 0 bridgehead atoms. The lowest BCUT2D eigenvalue weighted by Crippen LogP contribution is -2.31. The van der Waals surface area contributed by atoms with Crippen LogP contribution in [-0.2, 0) is 16.4 Å². The van der Waals surface area contributed by atoms with E-state index in [1.807, 2.05) is 18.2 Å². The molecule has 0 fully saturated rings. The number of nitrogens with one attached hydrogen (secondary N) is 1. The van der Waals surface area contributed by atoms with Crippen molar-refractivity contribution < 1.29 is 8.42 Å². The first-order chi connectivity index (χ1) is 11.4. The zero-order valence-electron chi connectivity index (χ0n) is 13.4. The minimum Gasteiger partial charge on any atom is -0.399 e. The number of fused-ring (bicyclic) bond motifs is 1. The lowest BCUT2D eigenvalue weighted by Gasteiger charge is -2.26. The second-order valence-electron chi connectivity index (χ2n) is 6.12. The Labute approximate surface area is 142 Å². The predicted molar refractivity (Wildman–Crippen MR) is 92.7 cm³/mol. The predicted octanol–water partition coefficient (Wildman–Crippen LogP) is 2.80. The average molecular weight is 341 g/mol. The van der Waals surface area contributed by atoms with Crippen LogP contribution in [0.5, 0.6) is 0 Å². The highest BCUT2D eigenvalue weighted by atomic mass is 32.2. The van der Waals surface area contributed by atoms with Gasteiger partial charge >= 0.3 is 0 Å². The molecule has 0 radical (unpaired) electrons. The largest absolute Gasteiger partial charge is 0.399 e. The van der Waals surface area contributed by atoms with Gasteiger partial charge in [0.05, 0.1) is 16.5 Å². The molecule has 1 atom stereocenters. The van der Waals surface area contributed by atoms with E-state index in [2.05, 4.69) is 4.72 Å². The van der Waals surface area contributed by atoms with Crippen molar-refractivity contribution in [3.63, 3.8) is 0 Å². The van der Waals surface area contributed by atoms with Crippen molar-refractivity contribution in [3.8, 4) is 6.07 Å². The fourth-order valence-corrected chi connectivity index (χ4v) is 4.69. The molecule has 5 nitrogen and oxygen atoms in total. The van der Waals surface area contributed by atoms with Crippen LogP contribution in [0.4, 0.5) is 5.69 Å². The third kappa shape index (κ3) is 3.14. The molecule has 24 heavy (non-hydrogen) atoms. The molecular weight excluding hydrogens is 322 g/mol. The van der Waals surface area contributed by atoms with Crippen LogP contribution < -0.4 is 10.5 Å². The van der Waals surface area contributed by atoms with Gasteiger partial charge in [-0.15, -0.1) is 0 Å². The van der Waals surface area contributed by atoms with Crippen LogP contribution in [0.1, 0.15) is 41.1 Å². The van der Waals surface area contributed by atoms with E-state index in [-0.39, 0.29) is 10.9 Å². The molecule has 0 spiro atoms. The van der Waals surface area contributed by atoms with Gasteiger partial charge in [0.2, 0.25) is 10.0 Å². The van der Waals surface area contributed by atoms with Crippen LogP contribution in [0.25, 0.3) is 0 Å². The Morgan fingerprint density at radius 2 is 2.04 bits per heavy atom. The van der Waals surface area contributed by atoms with Gasteiger partial charge in [-0.2, -0.15) is 5.26 Å². The molecular formula is C18H19N3O2S. The monoisotopic (exact) mass is 341 g/mol. The summed E-state index contributed by atoms with van der Waals surface area (Å²) in [6, 6.07) is 12.0. The fraction of sp³-hybridized carbons (Fsp3) is 0.278. The van der Waals surface area contributed by atoms with Crippen molar-refractivity contribution in [2.75, 3.05) is 5.73 Å². The first-order valence-corrected chi connectivity index (χ1v) is 9.30. The maximum absolute atomic E-state index is 12.8. The topological polar surface area (TPSA) is 96.0 Å². The Kier molecular flexibility index (Phi) is 4.31. The molecule has 0 saturated heterocycles. The number of hydrogen-bond donors (Lipinski definition) is 2.